The molecule has 1 aromatic heterocycles. The van der Waals surface area contributed by atoms with Gasteiger partial charge in [0.1, 0.15) is 0 Å². The number of ether oxygens (including phenoxy) is 1. The molecule has 0 unspecified atom stereocenters. The molecule has 5 nitrogen and oxygen atoms in total. The zero-order valence-electron chi connectivity index (χ0n) is 8.41. The normalized spacial score (nSPS) is 10.1. The molecular formula is C10H8N2O3S. The summed E-state index contributed by atoms with van der Waals surface area (Å²) in [6, 6.07) is 6.30. The monoisotopic (exact) mass is 236 g/mol. The quantitative estimate of drug-likeness (QED) is 0.607. The van der Waals surface area contributed by atoms with Crippen LogP contribution in [0.1, 0.15) is 0 Å². The molecule has 0 aliphatic rings. The fourth-order valence-electron chi connectivity index (χ4n) is 1.33. The highest BCUT2D eigenvalue weighted by atomic mass is 32.1. The van der Waals surface area contributed by atoms with E-state index in [0.29, 0.717) is 5.88 Å². The van der Waals surface area contributed by atoms with Crippen molar-refractivity contribution in [1.82, 2.24) is 4.37 Å². The van der Waals surface area contributed by atoms with Gasteiger partial charge in [-0.2, -0.15) is 4.37 Å². The SMILES string of the molecule is COc1nscc1-c1ccc([N+](=O)[O-])cc1. The third-order valence-electron chi connectivity index (χ3n) is 2.12. The van der Waals surface area contributed by atoms with Crippen molar-refractivity contribution in [2.45, 2.75) is 0 Å². The highest BCUT2D eigenvalue weighted by Crippen LogP contribution is 2.31. The van der Waals surface area contributed by atoms with E-state index in [-0.39, 0.29) is 5.69 Å². The number of hydrogen-bond donors (Lipinski definition) is 0. The Morgan fingerprint density at radius 3 is 2.62 bits per heavy atom. The number of hydrogen-bond acceptors (Lipinski definition) is 5. The highest BCUT2D eigenvalue weighted by Gasteiger charge is 2.10. The van der Waals surface area contributed by atoms with Crippen LogP contribution in [0.15, 0.2) is 29.6 Å². The Hall–Kier alpha value is -1.95. The summed E-state index contributed by atoms with van der Waals surface area (Å²) >= 11 is 1.29. The van der Waals surface area contributed by atoms with Crippen LogP contribution in [0.2, 0.25) is 0 Å². The molecule has 2 aromatic rings. The van der Waals surface area contributed by atoms with Crippen molar-refractivity contribution in [3.63, 3.8) is 0 Å². The predicted octanol–water partition coefficient (Wildman–Crippen LogP) is 2.73. The molecule has 0 saturated carbocycles. The van der Waals surface area contributed by atoms with Gasteiger partial charge in [0.15, 0.2) is 0 Å². The number of nitrogens with zero attached hydrogens (tertiary/aromatic N) is 2. The molecule has 1 heterocycles. The Morgan fingerprint density at radius 1 is 1.38 bits per heavy atom. The zero-order chi connectivity index (χ0) is 11.5. The van der Waals surface area contributed by atoms with Crippen LogP contribution in [-0.4, -0.2) is 16.4 Å². The summed E-state index contributed by atoms with van der Waals surface area (Å²) in [7, 11) is 1.55. The van der Waals surface area contributed by atoms with E-state index in [2.05, 4.69) is 4.37 Å². The summed E-state index contributed by atoms with van der Waals surface area (Å²) in [5.74, 6) is 0.541. The van der Waals surface area contributed by atoms with Crippen LogP contribution in [0.5, 0.6) is 5.88 Å². The van der Waals surface area contributed by atoms with Crippen LogP contribution in [0.4, 0.5) is 5.69 Å². The molecule has 0 saturated heterocycles. The van der Waals surface area contributed by atoms with E-state index in [4.69, 9.17) is 4.74 Å². The average molecular weight is 236 g/mol. The van der Waals surface area contributed by atoms with Gasteiger partial charge in [0.05, 0.1) is 17.6 Å². The lowest BCUT2D eigenvalue weighted by Crippen LogP contribution is -1.88. The maximum absolute atomic E-state index is 10.5. The first-order chi connectivity index (χ1) is 7.72. The lowest BCUT2D eigenvalue weighted by atomic mass is 10.1. The summed E-state index contributed by atoms with van der Waals surface area (Å²) in [6.07, 6.45) is 0. The van der Waals surface area contributed by atoms with Crippen molar-refractivity contribution in [2.24, 2.45) is 0 Å². The molecule has 82 valence electrons. The van der Waals surface area contributed by atoms with Crippen molar-refractivity contribution in [2.75, 3.05) is 7.11 Å². The minimum Gasteiger partial charge on any atom is -0.480 e. The minimum atomic E-state index is -0.424. The molecule has 0 fully saturated rings. The molecule has 0 aliphatic heterocycles. The second-order valence-corrected chi connectivity index (χ2v) is 3.67. The van der Waals surface area contributed by atoms with E-state index in [1.54, 1.807) is 19.2 Å². The number of nitro benzene ring substituents is 1. The molecule has 0 spiro atoms. The first-order valence-corrected chi connectivity index (χ1v) is 5.29. The van der Waals surface area contributed by atoms with Gasteiger partial charge in [-0.1, -0.05) is 0 Å². The van der Waals surface area contributed by atoms with Gasteiger partial charge in [0, 0.05) is 17.5 Å². The van der Waals surface area contributed by atoms with Crippen LogP contribution in [-0.2, 0) is 0 Å². The number of rotatable bonds is 3. The topological polar surface area (TPSA) is 65.3 Å². The van der Waals surface area contributed by atoms with Gasteiger partial charge in [-0.05, 0) is 29.2 Å². The molecule has 0 atom stereocenters. The van der Waals surface area contributed by atoms with Crippen molar-refractivity contribution in [1.29, 1.82) is 0 Å². The average Bonchev–Trinajstić information content (AvgIpc) is 2.77. The molecule has 2 rings (SSSR count). The van der Waals surface area contributed by atoms with E-state index in [9.17, 15) is 10.1 Å². The Balaban J connectivity index is 2.38. The van der Waals surface area contributed by atoms with E-state index in [1.807, 2.05) is 5.38 Å². The third kappa shape index (κ3) is 1.87. The second kappa shape index (κ2) is 4.28. The van der Waals surface area contributed by atoms with Crippen molar-refractivity contribution < 1.29 is 9.66 Å². The molecule has 0 amide bonds. The smallest absolute Gasteiger partial charge is 0.269 e. The maximum atomic E-state index is 10.5. The Kier molecular flexibility index (Phi) is 2.82. The summed E-state index contributed by atoms with van der Waals surface area (Å²) in [6.45, 7) is 0. The second-order valence-electron chi connectivity index (χ2n) is 3.04. The Bertz CT molecular complexity index is 507. The number of nitro groups is 1. The van der Waals surface area contributed by atoms with Gasteiger partial charge in [-0.15, -0.1) is 0 Å². The summed E-state index contributed by atoms with van der Waals surface area (Å²) in [5.41, 5.74) is 1.78. The van der Waals surface area contributed by atoms with Crippen molar-refractivity contribution in [3.8, 4) is 17.0 Å². The lowest BCUT2D eigenvalue weighted by Gasteiger charge is -2.00. The molecule has 0 aliphatic carbocycles. The summed E-state index contributed by atoms with van der Waals surface area (Å²) in [4.78, 5) is 10.1. The Labute approximate surface area is 95.6 Å². The van der Waals surface area contributed by atoms with Crippen LogP contribution < -0.4 is 4.74 Å². The van der Waals surface area contributed by atoms with Gasteiger partial charge < -0.3 is 4.74 Å². The summed E-state index contributed by atoms with van der Waals surface area (Å²) < 4.78 is 9.14. The van der Waals surface area contributed by atoms with E-state index in [1.165, 1.54) is 23.7 Å². The number of benzene rings is 1. The molecule has 0 N–H and O–H groups in total. The third-order valence-corrected chi connectivity index (χ3v) is 2.73. The van der Waals surface area contributed by atoms with Crippen LogP contribution >= 0.6 is 11.5 Å². The van der Waals surface area contributed by atoms with Gasteiger partial charge in [0.2, 0.25) is 5.88 Å². The first-order valence-electron chi connectivity index (χ1n) is 4.45. The Morgan fingerprint density at radius 2 is 2.06 bits per heavy atom. The minimum absolute atomic E-state index is 0.0749. The molecule has 0 radical (unpaired) electrons. The maximum Gasteiger partial charge on any atom is 0.269 e. The molecule has 1 aromatic carbocycles. The van der Waals surface area contributed by atoms with Gasteiger partial charge in [-0.25, -0.2) is 0 Å². The van der Waals surface area contributed by atoms with Gasteiger partial charge >= 0.3 is 0 Å². The highest BCUT2D eigenvalue weighted by molar-refractivity contribution is 7.04. The molecular weight excluding hydrogens is 228 g/mol. The van der Waals surface area contributed by atoms with Crippen molar-refractivity contribution >= 4 is 17.2 Å². The van der Waals surface area contributed by atoms with E-state index < -0.39 is 4.92 Å². The largest absolute Gasteiger partial charge is 0.480 e. The summed E-state index contributed by atoms with van der Waals surface area (Å²) in [5, 5.41) is 12.3. The molecule has 0 bridgehead atoms. The number of methoxy groups -OCH3 is 1. The van der Waals surface area contributed by atoms with E-state index >= 15 is 0 Å². The van der Waals surface area contributed by atoms with Crippen LogP contribution in [0.25, 0.3) is 11.1 Å². The van der Waals surface area contributed by atoms with Gasteiger partial charge in [0.25, 0.3) is 5.69 Å². The molecule has 16 heavy (non-hydrogen) atoms. The number of aromatic nitrogens is 1. The van der Waals surface area contributed by atoms with Crippen LogP contribution in [0, 0.1) is 10.1 Å². The van der Waals surface area contributed by atoms with Gasteiger partial charge in [-0.3, -0.25) is 10.1 Å². The van der Waals surface area contributed by atoms with E-state index in [0.717, 1.165) is 11.1 Å². The number of non-ortho nitro benzene ring substituents is 1. The van der Waals surface area contributed by atoms with Crippen molar-refractivity contribution in [3.05, 3.63) is 39.8 Å². The standard InChI is InChI=1S/C10H8N2O3S/c1-15-10-9(6-16-11-10)7-2-4-8(5-3-7)12(13)14/h2-6H,1H3. The predicted molar refractivity (Wildman–Crippen MR) is 60.8 cm³/mol. The first kappa shape index (κ1) is 10.6. The zero-order valence-corrected chi connectivity index (χ0v) is 9.23. The molecule has 6 heteroatoms. The fourth-order valence-corrected chi connectivity index (χ4v) is 1.99. The van der Waals surface area contributed by atoms with Crippen LogP contribution in [0.3, 0.4) is 0 Å². The lowest BCUT2D eigenvalue weighted by molar-refractivity contribution is -0.384. The fraction of sp³-hybridized carbons (Fsp3) is 0.100.